The Hall–Kier alpha value is -2.58. The summed E-state index contributed by atoms with van der Waals surface area (Å²) >= 11 is 0. The summed E-state index contributed by atoms with van der Waals surface area (Å²) in [5.41, 5.74) is 1.52. The molecule has 0 aliphatic carbocycles. The van der Waals surface area contributed by atoms with Crippen LogP contribution in [0.3, 0.4) is 0 Å². The van der Waals surface area contributed by atoms with Crippen LogP contribution in [0.15, 0.2) is 48.5 Å². The van der Waals surface area contributed by atoms with Crippen molar-refractivity contribution in [3.8, 4) is 0 Å². The molecule has 8 heteroatoms. The van der Waals surface area contributed by atoms with E-state index in [2.05, 4.69) is 5.32 Å². The maximum absolute atomic E-state index is 13.4. The van der Waals surface area contributed by atoms with Gasteiger partial charge in [0.05, 0.1) is 30.4 Å². The van der Waals surface area contributed by atoms with Crippen LogP contribution in [0.2, 0.25) is 0 Å². The number of hydrogen-bond acceptors (Lipinski definition) is 5. The first-order chi connectivity index (χ1) is 16.3. The van der Waals surface area contributed by atoms with E-state index in [0.717, 1.165) is 31.1 Å². The molecule has 2 aliphatic heterocycles. The Balaban J connectivity index is 1.55. The second-order valence-electron chi connectivity index (χ2n) is 8.90. The lowest BCUT2D eigenvalue weighted by molar-refractivity contribution is -0.158. The van der Waals surface area contributed by atoms with Crippen molar-refractivity contribution in [3.63, 3.8) is 0 Å². The van der Waals surface area contributed by atoms with Crippen molar-refractivity contribution in [2.75, 3.05) is 31.6 Å². The highest BCUT2D eigenvalue weighted by molar-refractivity contribution is 5.71. The molecule has 0 saturated carbocycles. The van der Waals surface area contributed by atoms with Gasteiger partial charge in [-0.05, 0) is 49.7 Å². The maximum atomic E-state index is 13.4. The molecule has 0 bridgehead atoms. The number of rotatable bonds is 7. The maximum Gasteiger partial charge on any atom is 0.416 e. The number of fused-ring (bicyclic) bond motifs is 3. The minimum atomic E-state index is -4.44. The largest absolute Gasteiger partial charge is 0.462 e. The Labute approximate surface area is 198 Å². The molecule has 34 heavy (non-hydrogen) atoms. The predicted octanol–water partition coefficient (Wildman–Crippen LogP) is 5.59. The predicted molar refractivity (Wildman–Crippen MR) is 123 cm³/mol. The van der Waals surface area contributed by atoms with E-state index in [4.69, 9.17) is 9.47 Å². The van der Waals surface area contributed by atoms with Crippen molar-refractivity contribution in [1.82, 2.24) is 4.90 Å². The Kier molecular flexibility index (Phi) is 7.48. The summed E-state index contributed by atoms with van der Waals surface area (Å²) in [7, 11) is 0. The van der Waals surface area contributed by atoms with Crippen LogP contribution in [0.1, 0.15) is 55.5 Å². The van der Waals surface area contributed by atoms with E-state index in [9.17, 15) is 18.0 Å². The number of anilines is 1. The summed E-state index contributed by atoms with van der Waals surface area (Å²) in [6.07, 6.45) is -3.92. The molecule has 0 spiro atoms. The number of esters is 1. The minimum absolute atomic E-state index is 0.0407. The highest BCUT2D eigenvalue weighted by atomic mass is 19.4. The van der Waals surface area contributed by atoms with E-state index in [1.807, 2.05) is 49.1 Å². The fraction of sp³-hybridized carbons (Fsp3) is 0.500. The van der Waals surface area contributed by atoms with Crippen LogP contribution >= 0.6 is 0 Å². The smallest absolute Gasteiger partial charge is 0.416 e. The van der Waals surface area contributed by atoms with Gasteiger partial charge in [0.2, 0.25) is 0 Å². The number of nitrogens with one attached hydrogen (secondary N) is 1. The van der Waals surface area contributed by atoms with E-state index < -0.39 is 17.8 Å². The van der Waals surface area contributed by atoms with Crippen molar-refractivity contribution in [2.24, 2.45) is 5.92 Å². The zero-order valence-electron chi connectivity index (χ0n) is 19.5. The molecule has 2 heterocycles. The van der Waals surface area contributed by atoms with Gasteiger partial charge in [-0.2, -0.15) is 13.2 Å². The van der Waals surface area contributed by atoms with Gasteiger partial charge in [-0.25, -0.2) is 0 Å². The molecule has 2 aromatic carbocycles. The molecule has 1 N–H and O–H groups in total. The van der Waals surface area contributed by atoms with Gasteiger partial charge in [-0.1, -0.05) is 44.2 Å². The molecular formula is C26H31F3N2O3. The Bertz CT molecular complexity index is 979. The molecule has 1 saturated heterocycles. The highest BCUT2D eigenvalue weighted by Gasteiger charge is 2.43. The van der Waals surface area contributed by atoms with Gasteiger partial charge in [-0.15, -0.1) is 0 Å². The van der Waals surface area contributed by atoms with E-state index >= 15 is 0 Å². The monoisotopic (exact) mass is 476 g/mol. The third kappa shape index (κ3) is 5.39. The SMILES string of the molecule is CCN(CC)CC(=O)OC[C@H]1CC[C@@H]2[C@H](O1)c1cc(C(F)(F)F)ccc1N[C@H]2c1ccccc1. The zero-order valence-corrected chi connectivity index (χ0v) is 19.5. The average Bonchev–Trinajstić information content (AvgIpc) is 2.85. The second-order valence-corrected chi connectivity index (χ2v) is 8.90. The quantitative estimate of drug-likeness (QED) is 0.528. The molecule has 2 aliphatic rings. The Morgan fingerprint density at radius 1 is 1.12 bits per heavy atom. The molecule has 0 amide bonds. The standard InChI is InChI=1S/C26H31F3N2O3/c1-3-31(4-2)15-23(32)33-16-19-11-12-20-24(17-8-6-5-7-9-17)30-22-13-10-18(26(27,28)29)14-21(22)25(20)34-19/h5-10,13-14,19-20,24-25,30H,3-4,11-12,15-16H2,1-2H3/t19-,20+,24+,25+/m1/s1. The molecule has 4 atom stereocenters. The van der Waals surface area contributed by atoms with Gasteiger partial charge < -0.3 is 14.8 Å². The number of carbonyl (C=O) groups is 1. The van der Waals surface area contributed by atoms with Crippen molar-refractivity contribution in [2.45, 2.75) is 51.1 Å². The van der Waals surface area contributed by atoms with Gasteiger partial charge in [0.25, 0.3) is 0 Å². The molecular weight excluding hydrogens is 445 g/mol. The topological polar surface area (TPSA) is 50.8 Å². The minimum Gasteiger partial charge on any atom is -0.462 e. The first-order valence-electron chi connectivity index (χ1n) is 11.9. The molecule has 184 valence electrons. The lowest BCUT2D eigenvalue weighted by Crippen LogP contribution is -2.41. The first-order valence-corrected chi connectivity index (χ1v) is 11.9. The van der Waals surface area contributed by atoms with Crippen molar-refractivity contribution in [1.29, 1.82) is 0 Å². The average molecular weight is 477 g/mol. The van der Waals surface area contributed by atoms with Crippen LogP contribution < -0.4 is 5.32 Å². The fourth-order valence-electron chi connectivity index (χ4n) is 4.91. The van der Waals surface area contributed by atoms with Gasteiger partial charge in [-0.3, -0.25) is 9.69 Å². The number of ether oxygens (including phenoxy) is 2. The number of benzene rings is 2. The summed E-state index contributed by atoms with van der Waals surface area (Å²) in [6, 6.07) is 13.6. The molecule has 5 nitrogen and oxygen atoms in total. The molecule has 1 fully saturated rings. The number of carbonyl (C=O) groups excluding carboxylic acids is 1. The Morgan fingerprint density at radius 2 is 1.85 bits per heavy atom. The van der Waals surface area contributed by atoms with E-state index in [1.54, 1.807) is 0 Å². The zero-order chi connectivity index (χ0) is 24.3. The molecule has 2 aromatic rings. The second kappa shape index (κ2) is 10.4. The summed E-state index contributed by atoms with van der Waals surface area (Å²) in [6.45, 7) is 5.77. The molecule has 0 unspecified atom stereocenters. The fourth-order valence-corrected chi connectivity index (χ4v) is 4.91. The van der Waals surface area contributed by atoms with E-state index in [0.29, 0.717) is 17.7 Å². The van der Waals surface area contributed by atoms with Crippen molar-refractivity contribution < 1.29 is 27.4 Å². The first kappa shape index (κ1) is 24.5. The van der Waals surface area contributed by atoms with Gasteiger partial charge in [0.15, 0.2) is 0 Å². The molecule has 4 rings (SSSR count). The van der Waals surface area contributed by atoms with Crippen LogP contribution in [0, 0.1) is 5.92 Å². The van der Waals surface area contributed by atoms with Crippen molar-refractivity contribution in [3.05, 3.63) is 65.2 Å². The molecule has 0 radical (unpaired) electrons. The van der Waals surface area contributed by atoms with Crippen LogP contribution in [0.4, 0.5) is 18.9 Å². The summed E-state index contributed by atoms with van der Waals surface area (Å²) < 4.78 is 52.2. The Morgan fingerprint density at radius 3 is 2.53 bits per heavy atom. The number of halogens is 3. The number of hydrogen-bond donors (Lipinski definition) is 1. The van der Waals surface area contributed by atoms with Crippen LogP contribution in [0.5, 0.6) is 0 Å². The van der Waals surface area contributed by atoms with Gasteiger partial charge in [0.1, 0.15) is 6.61 Å². The number of alkyl halides is 3. The van der Waals surface area contributed by atoms with Crippen molar-refractivity contribution >= 4 is 11.7 Å². The highest BCUT2D eigenvalue weighted by Crippen LogP contribution is 2.51. The van der Waals surface area contributed by atoms with Crippen LogP contribution in [-0.2, 0) is 20.4 Å². The lowest BCUT2D eigenvalue weighted by Gasteiger charge is -2.45. The van der Waals surface area contributed by atoms with E-state index in [1.165, 1.54) is 12.1 Å². The van der Waals surface area contributed by atoms with Crippen LogP contribution in [0.25, 0.3) is 0 Å². The summed E-state index contributed by atoms with van der Waals surface area (Å²) in [5.74, 6) is -0.359. The number of nitrogens with zero attached hydrogens (tertiary/aromatic N) is 1. The van der Waals surface area contributed by atoms with Gasteiger partial charge >= 0.3 is 12.1 Å². The van der Waals surface area contributed by atoms with Crippen LogP contribution in [-0.4, -0.2) is 43.2 Å². The normalized spacial score (nSPS) is 24.2. The number of likely N-dealkylation sites (N-methyl/N-ethyl adjacent to an activating group) is 1. The summed E-state index contributed by atoms with van der Waals surface area (Å²) in [5, 5.41) is 3.45. The third-order valence-electron chi connectivity index (χ3n) is 6.81. The van der Waals surface area contributed by atoms with E-state index in [-0.39, 0.29) is 37.2 Å². The lowest BCUT2D eigenvalue weighted by atomic mass is 9.76. The van der Waals surface area contributed by atoms with Gasteiger partial charge in [0, 0.05) is 17.2 Å². The summed E-state index contributed by atoms with van der Waals surface area (Å²) in [4.78, 5) is 14.2. The third-order valence-corrected chi connectivity index (χ3v) is 6.81. The molecule has 0 aromatic heterocycles.